The number of nitrogens with one attached hydrogen (secondary N) is 2. The van der Waals surface area contributed by atoms with E-state index in [0.717, 1.165) is 24.8 Å². The zero-order chi connectivity index (χ0) is 17.1. The van der Waals surface area contributed by atoms with Gasteiger partial charge >= 0.3 is 0 Å². The third-order valence-corrected chi connectivity index (χ3v) is 4.29. The summed E-state index contributed by atoms with van der Waals surface area (Å²) < 4.78 is 14.5. The van der Waals surface area contributed by atoms with Crippen molar-refractivity contribution in [3.63, 3.8) is 0 Å². The number of carbonyl (C=O) groups is 2. The molecule has 3 rings (SSSR count). The normalized spacial score (nSPS) is 19.9. The van der Waals surface area contributed by atoms with Crippen LogP contribution in [0, 0.1) is 11.7 Å². The number of carbonyl (C=O) groups excluding carboxylic acids is 2. The molecule has 2 aromatic rings. The van der Waals surface area contributed by atoms with Crippen molar-refractivity contribution < 1.29 is 14.0 Å². The van der Waals surface area contributed by atoms with Gasteiger partial charge in [0.2, 0.25) is 5.91 Å². The van der Waals surface area contributed by atoms with Gasteiger partial charge in [0.15, 0.2) is 5.69 Å². The highest BCUT2D eigenvalue weighted by molar-refractivity contribution is 5.93. The van der Waals surface area contributed by atoms with E-state index in [2.05, 4.69) is 21.2 Å². The smallest absolute Gasteiger partial charge is 0.273 e. The number of aromatic nitrogens is 3. The Kier molecular flexibility index (Phi) is 4.54. The van der Waals surface area contributed by atoms with Crippen molar-refractivity contribution >= 4 is 11.8 Å². The van der Waals surface area contributed by atoms with Crippen molar-refractivity contribution in [3.05, 3.63) is 47.5 Å². The first kappa shape index (κ1) is 16.1. The van der Waals surface area contributed by atoms with E-state index in [1.165, 1.54) is 23.0 Å². The Morgan fingerprint density at radius 1 is 1.21 bits per heavy atom. The third kappa shape index (κ3) is 3.42. The van der Waals surface area contributed by atoms with Gasteiger partial charge in [-0.1, -0.05) is 23.8 Å². The van der Waals surface area contributed by atoms with E-state index in [4.69, 9.17) is 0 Å². The van der Waals surface area contributed by atoms with Crippen LogP contribution >= 0.6 is 0 Å². The fraction of sp³-hybridized carbons (Fsp3) is 0.375. The Labute approximate surface area is 138 Å². The van der Waals surface area contributed by atoms with Crippen LogP contribution in [0.1, 0.15) is 41.2 Å². The Morgan fingerprint density at radius 3 is 2.62 bits per heavy atom. The number of halogens is 1. The molecule has 1 heterocycles. The second-order valence-corrected chi connectivity index (χ2v) is 5.92. The molecule has 1 saturated carbocycles. The van der Waals surface area contributed by atoms with Gasteiger partial charge in [0.25, 0.3) is 5.91 Å². The second kappa shape index (κ2) is 6.77. The monoisotopic (exact) mass is 331 g/mol. The summed E-state index contributed by atoms with van der Waals surface area (Å²) in [5.41, 5.74) is 5.87. The predicted molar refractivity (Wildman–Crippen MR) is 83.1 cm³/mol. The number of hydrazine groups is 1. The molecule has 1 aliphatic carbocycles. The minimum atomic E-state index is -0.521. The van der Waals surface area contributed by atoms with Crippen molar-refractivity contribution in [2.75, 3.05) is 0 Å². The molecule has 2 amide bonds. The Hall–Kier alpha value is -2.77. The van der Waals surface area contributed by atoms with Crippen LogP contribution in [0.15, 0.2) is 30.5 Å². The minimum absolute atomic E-state index is 0.0269. The van der Waals surface area contributed by atoms with Gasteiger partial charge in [0.05, 0.1) is 6.20 Å². The van der Waals surface area contributed by atoms with Crippen molar-refractivity contribution in [2.45, 2.75) is 25.2 Å². The molecule has 7 nitrogen and oxygen atoms in total. The molecule has 8 heteroatoms. The third-order valence-electron chi connectivity index (χ3n) is 4.29. The summed E-state index contributed by atoms with van der Waals surface area (Å²) in [6.07, 6.45) is 3.97. The summed E-state index contributed by atoms with van der Waals surface area (Å²) in [6.45, 7) is 0. The number of hydrogen-bond donors (Lipinski definition) is 2. The van der Waals surface area contributed by atoms with Gasteiger partial charge in [-0.2, -0.15) is 0 Å². The number of nitrogens with zero attached hydrogens (tertiary/aromatic N) is 3. The van der Waals surface area contributed by atoms with Crippen LogP contribution in [0.25, 0.3) is 0 Å². The van der Waals surface area contributed by atoms with Gasteiger partial charge in [-0.3, -0.25) is 25.1 Å². The van der Waals surface area contributed by atoms with Gasteiger partial charge in [-0.15, -0.1) is 5.10 Å². The van der Waals surface area contributed by atoms with E-state index < -0.39 is 5.91 Å². The summed E-state index contributed by atoms with van der Waals surface area (Å²) >= 11 is 0. The van der Waals surface area contributed by atoms with Crippen LogP contribution in [0.5, 0.6) is 0 Å². The lowest BCUT2D eigenvalue weighted by molar-refractivity contribution is -0.126. The molecule has 1 aliphatic rings. The number of amides is 2. The van der Waals surface area contributed by atoms with Crippen LogP contribution in [0.4, 0.5) is 4.39 Å². The summed E-state index contributed by atoms with van der Waals surface area (Å²) in [5, 5.41) is 7.34. The SMILES string of the molecule is Cn1cc(C(=O)NNC(=O)[C@@H]2CCC[C@@H]2c2ccc(F)cc2)nn1. The van der Waals surface area contributed by atoms with E-state index in [0.29, 0.717) is 0 Å². The molecule has 126 valence electrons. The average Bonchev–Trinajstić information content (AvgIpc) is 3.22. The molecule has 0 saturated heterocycles. The zero-order valence-electron chi connectivity index (χ0n) is 13.2. The highest BCUT2D eigenvalue weighted by Gasteiger charge is 2.34. The van der Waals surface area contributed by atoms with Crippen molar-refractivity contribution in [3.8, 4) is 0 Å². The first-order valence-electron chi connectivity index (χ1n) is 7.76. The molecule has 1 fully saturated rings. The van der Waals surface area contributed by atoms with E-state index in [9.17, 15) is 14.0 Å². The summed E-state index contributed by atoms with van der Waals surface area (Å²) in [7, 11) is 1.65. The standard InChI is InChI=1S/C16H18FN5O2/c1-22-9-14(18-21-22)16(24)20-19-15(23)13-4-2-3-12(13)10-5-7-11(17)8-6-10/h5-9,12-13H,2-4H2,1H3,(H,19,23)(H,20,24)/t12-,13-/m1/s1. The molecule has 24 heavy (non-hydrogen) atoms. The Bertz CT molecular complexity index is 743. The van der Waals surface area contributed by atoms with Gasteiger partial charge in [0, 0.05) is 13.0 Å². The number of hydrogen-bond acceptors (Lipinski definition) is 4. The fourth-order valence-corrected chi connectivity index (χ4v) is 3.11. The molecule has 2 atom stereocenters. The maximum Gasteiger partial charge on any atom is 0.291 e. The van der Waals surface area contributed by atoms with E-state index in [-0.39, 0.29) is 29.3 Å². The quantitative estimate of drug-likeness (QED) is 0.830. The van der Waals surface area contributed by atoms with Crippen LogP contribution in [0.2, 0.25) is 0 Å². The number of benzene rings is 1. The molecular formula is C16H18FN5O2. The molecule has 0 spiro atoms. The average molecular weight is 331 g/mol. The highest BCUT2D eigenvalue weighted by atomic mass is 19.1. The second-order valence-electron chi connectivity index (χ2n) is 5.92. The molecule has 0 aliphatic heterocycles. The Morgan fingerprint density at radius 2 is 1.96 bits per heavy atom. The van der Waals surface area contributed by atoms with Crippen molar-refractivity contribution in [1.82, 2.24) is 25.8 Å². The lowest BCUT2D eigenvalue weighted by atomic mass is 9.88. The van der Waals surface area contributed by atoms with Gasteiger partial charge in [0.1, 0.15) is 5.82 Å². The molecule has 1 aromatic heterocycles. The van der Waals surface area contributed by atoms with Crippen LogP contribution < -0.4 is 10.9 Å². The van der Waals surface area contributed by atoms with Crippen molar-refractivity contribution in [2.24, 2.45) is 13.0 Å². The molecule has 1 aromatic carbocycles. The molecule has 0 radical (unpaired) electrons. The lowest BCUT2D eigenvalue weighted by Gasteiger charge is -2.19. The summed E-state index contributed by atoms with van der Waals surface area (Å²) in [4.78, 5) is 24.3. The molecule has 0 unspecified atom stereocenters. The first-order valence-corrected chi connectivity index (χ1v) is 7.76. The van der Waals surface area contributed by atoms with E-state index in [1.54, 1.807) is 19.2 Å². The summed E-state index contributed by atoms with van der Waals surface area (Å²) in [6, 6.07) is 6.23. The maximum absolute atomic E-state index is 13.1. The fourth-order valence-electron chi connectivity index (χ4n) is 3.11. The largest absolute Gasteiger partial charge is 0.291 e. The lowest BCUT2D eigenvalue weighted by Crippen LogP contribution is -2.45. The maximum atomic E-state index is 13.1. The number of rotatable bonds is 3. The zero-order valence-corrected chi connectivity index (χ0v) is 13.2. The van der Waals surface area contributed by atoms with Crippen LogP contribution in [0.3, 0.4) is 0 Å². The topological polar surface area (TPSA) is 88.9 Å². The van der Waals surface area contributed by atoms with Gasteiger partial charge in [-0.05, 0) is 36.5 Å². The van der Waals surface area contributed by atoms with Crippen LogP contribution in [-0.4, -0.2) is 26.8 Å². The van der Waals surface area contributed by atoms with Gasteiger partial charge < -0.3 is 0 Å². The predicted octanol–water partition coefficient (Wildman–Crippen LogP) is 1.30. The Balaban J connectivity index is 1.61. The molecule has 0 bridgehead atoms. The summed E-state index contributed by atoms with van der Waals surface area (Å²) in [5.74, 6) is -1.29. The molecule has 2 N–H and O–H groups in total. The molecular weight excluding hydrogens is 313 g/mol. The van der Waals surface area contributed by atoms with Crippen LogP contribution in [-0.2, 0) is 11.8 Å². The van der Waals surface area contributed by atoms with Gasteiger partial charge in [-0.25, -0.2) is 4.39 Å². The highest BCUT2D eigenvalue weighted by Crippen LogP contribution is 2.39. The minimum Gasteiger partial charge on any atom is -0.273 e. The van der Waals surface area contributed by atoms with E-state index >= 15 is 0 Å². The first-order chi connectivity index (χ1) is 11.5. The number of aryl methyl sites for hydroxylation is 1. The van der Waals surface area contributed by atoms with Crippen molar-refractivity contribution in [1.29, 1.82) is 0 Å². The van der Waals surface area contributed by atoms with E-state index in [1.807, 2.05) is 0 Å².